The summed E-state index contributed by atoms with van der Waals surface area (Å²) in [6.45, 7) is 7.73. The van der Waals surface area contributed by atoms with Gasteiger partial charge in [0.2, 0.25) is 0 Å². The van der Waals surface area contributed by atoms with Crippen LogP contribution >= 0.6 is 11.6 Å². The predicted octanol–water partition coefficient (Wildman–Crippen LogP) is 6.10. The molecule has 3 aromatic rings. The van der Waals surface area contributed by atoms with Crippen LogP contribution in [-0.2, 0) is 17.8 Å². The summed E-state index contributed by atoms with van der Waals surface area (Å²) in [6, 6.07) is 15.0. The lowest BCUT2D eigenvalue weighted by Crippen LogP contribution is -2.36. The predicted molar refractivity (Wildman–Crippen MR) is 117 cm³/mol. The first-order valence-corrected chi connectivity index (χ1v) is 10.4. The van der Waals surface area contributed by atoms with E-state index in [2.05, 4.69) is 79.1 Å². The molecule has 3 nitrogen and oxygen atoms in total. The third kappa shape index (κ3) is 2.53. The van der Waals surface area contributed by atoms with Gasteiger partial charge in [0.1, 0.15) is 6.10 Å². The average molecular weight is 393 g/mol. The Hall–Kier alpha value is -2.23. The van der Waals surface area contributed by atoms with Crippen LogP contribution in [0, 0.1) is 5.41 Å². The van der Waals surface area contributed by atoms with Crippen molar-refractivity contribution >= 4 is 34.3 Å². The number of rotatable bonds is 3. The Kier molecular flexibility index (Phi) is 4.08. The maximum Gasteiger partial charge on any atom is 0.111 e. The second-order valence-electron chi connectivity index (χ2n) is 8.38. The molecule has 2 aromatic carbocycles. The highest BCUT2D eigenvalue weighted by molar-refractivity contribution is 6.31. The first-order chi connectivity index (χ1) is 13.5. The van der Waals surface area contributed by atoms with E-state index in [4.69, 9.17) is 16.4 Å². The van der Waals surface area contributed by atoms with Crippen molar-refractivity contribution in [2.24, 2.45) is 5.41 Å². The van der Waals surface area contributed by atoms with Crippen LogP contribution in [0.4, 0.5) is 5.69 Å². The van der Waals surface area contributed by atoms with Crippen LogP contribution in [0.15, 0.2) is 54.7 Å². The van der Waals surface area contributed by atoms with Gasteiger partial charge < -0.3 is 4.57 Å². The van der Waals surface area contributed by atoms with E-state index < -0.39 is 0 Å². The minimum absolute atomic E-state index is 0.0119. The molecule has 144 valence electrons. The van der Waals surface area contributed by atoms with Gasteiger partial charge in [0.25, 0.3) is 0 Å². The molecule has 0 N–H and O–H groups in total. The van der Waals surface area contributed by atoms with Gasteiger partial charge in [-0.2, -0.15) is 0 Å². The summed E-state index contributed by atoms with van der Waals surface area (Å²) < 4.78 is 2.30. The van der Waals surface area contributed by atoms with E-state index in [0.29, 0.717) is 6.04 Å². The molecule has 0 bridgehead atoms. The smallest absolute Gasteiger partial charge is 0.111 e. The Balaban J connectivity index is 1.47. The molecule has 1 fully saturated rings. The van der Waals surface area contributed by atoms with Crippen molar-refractivity contribution in [2.75, 3.05) is 5.06 Å². The van der Waals surface area contributed by atoms with Gasteiger partial charge in [0.05, 0.1) is 11.7 Å². The van der Waals surface area contributed by atoms with Crippen molar-refractivity contribution in [3.8, 4) is 0 Å². The molecule has 2 atom stereocenters. The first kappa shape index (κ1) is 17.8. The molecule has 5 rings (SSSR count). The highest BCUT2D eigenvalue weighted by Gasteiger charge is 2.52. The summed E-state index contributed by atoms with van der Waals surface area (Å²) in [7, 11) is 0. The van der Waals surface area contributed by atoms with E-state index in [1.165, 1.54) is 22.0 Å². The number of para-hydroxylation sites is 1. The largest absolute Gasteiger partial charge is 0.347 e. The zero-order valence-electron chi connectivity index (χ0n) is 16.5. The number of hydrogen-bond acceptors (Lipinski definition) is 2. The van der Waals surface area contributed by atoms with Gasteiger partial charge in [0.15, 0.2) is 0 Å². The Morgan fingerprint density at radius 3 is 2.82 bits per heavy atom. The van der Waals surface area contributed by atoms with Gasteiger partial charge in [-0.1, -0.05) is 61.9 Å². The van der Waals surface area contributed by atoms with Crippen LogP contribution in [-0.4, -0.2) is 16.7 Å². The van der Waals surface area contributed by atoms with E-state index in [9.17, 15) is 0 Å². The normalized spacial score (nSPS) is 22.9. The van der Waals surface area contributed by atoms with Crippen LogP contribution in [0.5, 0.6) is 0 Å². The average Bonchev–Trinajstić information content (AvgIpc) is 3.31. The first-order valence-electron chi connectivity index (χ1n) is 10.00. The van der Waals surface area contributed by atoms with Crippen LogP contribution in [0.3, 0.4) is 0 Å². The number of hydrogen-bond donors (Lipinski definition) is 0. The van der Waals surface area contributed by atoms with Crippen molar-refractivity contribution in [3.05, 3.63) is 70.9 Å². The molecule has 0 radical (unpaired) electrons. The SMILES string of the molecule is CCn1cc(C=CC2ON3c4cccc(Cl)c4CC3C2(C)C)c2ccccc21. The van der Waals surface area contributed by atoms with Crippen LogP contribution in [0.25, 0.3) is 17.0 Å². The molecule has 1 aromatic heterocycles. The van der Waals surface area contributed by atoms with E-state index in [-0.39, 0.29) is 11.5 Å². The summed E-state index contributed by atoms with van der Waals surface area (Å²) in [5.41, 5.74) is 4.83. The zero-order valence-corrected chi connectivity index (χ0v) is 17.3. The van der Waals surface area contributed by atoms with Crippen LogP contribution in [0.2, 0.25) is 5.02 Å². The number of hydroxylamine groups is 1. The van der Waals surface area contributed by atoms with Crippen LogP contribution in [0.1, 0.15) is 31.9 Å². The molecule has 0 aliphatic carbocycles. The Morgan fingerprint density at radius 1 is 1.18 bits per heavy atom. The van der Waals surface area contributed by atoms with Gasteiger partial charge in [-0.15, -0.1) is 0 Å². The van der Waals surface area contributed by atoms with Crippen molar-refractivity contribution < 1.29 is 4.84 Å². The van der Waals surface area contributed by atoms with E-state index in [0.717, 1.165) is 23.7 Å². The fourth-order valence-corrected chi connectivity index (χ4v) is 4.93. The van der Waals surface area contributed by atoms with Crippen molar-refractivity contribution in [1.82, 2.24) is 4.57 Å². The molecule has 0 saturated carbocycles. The summed E-state index contributed by atoms with van der Waals surface area (Å²) in [5.74, 6) is 0. The highest BCUT2D eigenvalue weighted by atomic mass is 35.5. The molecule has 0 spiro atoms. The number of halogens is 1. The lowest BCUT2D eigenvalue weighted by molar-refractivity contribution is 0.0849. The maximum absolute atomic E-state index is 6.43. The molecule has 2 unspecified atom stereocenters. The second-order valence-corrected chi connectivity index (χ2v) is 8.78. The second kappa shape index (κ2) is 6.40. The Bertz CT molecular complexity index is 1080. The fraction of sp³-hybridized carbons (Fsp3) is 0.333. The summed E-state index contributed by atoms with van der Waals surface area (Å²) >= 11 is 6.43. The van der Waals surface area contributed by atoms with Crippen molar-refractivity contribution in [1.29, 1.82) is 0 Å². The van der Waals surface area contributed by atoms with Crippen molar-refractivity contribution in [3.63, 3.8) is 0 Å². The Labute approximate surface area is 171 Å². The third-order valence-corrected chi connectivity index (χ3v) is 6.80. The van der Waals surface area contributed by atoms with E-state index >= 15 is 0 Å². The number of aromatic nitrogens is 1. The van der Waals surface area contributed by atoms with Crippen molar-refractivity contribution in [2.45, 2.75) is 45.9 Å². The van der Waals surface area contributed by atoms with Gasteiger partial charge in [-0.25, -0.2) is 5.06 Å². The molecule has 28 heavy (non-hydrogen) atoms. The quantitative estimate of drug-likeness (QED) is 0.535. The zero-order chi connectivity index (χ0) is 19.5. The van der Waals surface area contributed by atoms with Gasteiger partial charge in [-0.05, 0) is 42.7 Å². The lowest BCUT2D eigenvalue weighted by Gasteiger charge is -2.26. The molecular weight excluding hydrogens is 368 g/mol. The van der Waals surface area contributed by atoms with E-state index in [1.54, 1.807) is 0 Å². The fourth-order valence-electron chi connectivity index (χ4n) is 4.69. The summed E-state index contributed by atoms with van der Waals surface area (Å²) in [5, 5.41) is 4.21. The van der Waals surface area contributed by atoms with Gasteiger partial charge in [0, 0.05) is 34.1 Å². The molecule has 2 aliphatic rings. The number of aryl methyl sites for hydroxylation is 1. The highest BCUT2D eigenvalue weighted by Crippen LogP contribution is 2.50. The summed E-state index contributed by atoms with van der Waals surface area (Å²) in [4.78, 5) is 6.43. The van der Waals surface area contributed by atoms with Crippen LogP contribution < -0.4 is 5.06 Å². The lowest BCUT2D eigenvalue weighted by atomic mass is 9.78. The van der Waals surface area contributed by atoms with Gasteiger partial charge in [-0.3, -0.25) is 4.84 Å². The standard InChI is InChI=1S/C24H25ClN2O/c1-4-26-15-16(17-8-5-6-10-20(17)26)12-13-23-24(2,3)22-14-18-19(25)9-7-11-21(18)27(22)28-23/h5-13,15,22-23H,4,14H2,1-3H3. The molecule has 3 heterocycles. The molecule has 0 amide bonds. The third-order valence-electron chi connectivity index (χ3n) is 6.44. The molecule has 2 aliphatic heterocycles. The minimum Gasteiger partial charge on any atom is -0.347 e. The minimum atomic E-state index is -0.0119. The topological polar surface area (TPSA) is 17.4 Å². The number of benzene rings is 2. The summed E-state index contributed by atoms with van der Waals surface area (Å²) in [6.07, 6.45) is 7.64. The Morgan fingerprint density at radius 2 is 2.00 bits per heavy atom. The number of nitrogens with zero attached hydrogens (tertiary/aromatic N) is 2. The molecule has 1 saturated heterocycles. The molecular formula is C24H25ClN2O. The number of anilines is 1. The maximum atomic E-state index is 6.43. The monoisotopic (exact) mass is 392 g/mol. The van der Waals surface area contributed by atoms with Gasteiger partial charge >= 0.3 is 0 Å². The number of fused-ring (bicyclic) bond motifs is 4. The van der Waals surface area contributed by atoms with E-state index in [1.807, 2.05) is 12.1 Å². The molecule has 4 heteroatoms.